The van der Waals surface area contributed by atoms with Crippen LogP contribution in [0.4, 0.5) is 0 Å². The fourth-order valence-corrected chi connectivity index (χ4v) is 9.21. The number of carbonyl (C=O) groups excluding carboxylic acids is 7. The maximum Gasteiger partial charge on any atom is 0.222 e. The number of hydrogen-bond donors (Lipinski definition) is 5. The second-order valence-corrected chi connectivity index (χ2v) is 18.4. The van der Waals surface area contributed by atoms with Gasteiger partial charge < -0.3 is 59.7 Å². The Morgan fingerprint density at radius 3 is 1.42 bits per heavy atom. The van der Waals surface area contributed by atoms with Gasteiger partial charge in [-0.1, -0.05) is 87.1 Å². The summed E-state index contributed by atoms with van der Waals surface area (Å²) in [4.78, 5) is 106. The molecule has 73 heavy (non-hydrogen) atoms. The van der Waals surface area contributed by atoms with E-state index >= 15 is 0 Å². The van der Waals surface area contributed by atoms with Gasteiger partial charge in [-0.05, 0) is 60.4 Å². The topological polar surface area (TPSA) is 255 Å². The molecule has 0 spiro atoms. The maximum absolute atomic E-state index is 14.4. The first-order valence-corrected chi connectivity index (χ1v) is 24.4. The fourth-order valence-electron chi connectivity index (χ4n) is 9.21. The molecule has 0 saturated carbocycles. The van der Waals surface area contributed by atoms with E-state index in [0.717, 1.165) is 17.2 Å². The number of rotatable bonds is 17. The minimum Gasteiger partial charge on any atom is -0.677 e. The number of hydrogen-bond acceptors (Lipinski definition) is 7. The number of ketones is 2. The third kappa shape index (κ3) is 26.0. The minimum absolute atomic E-state index is 0. The van der Waals surface area contributed by atoms with Crippen molar-refractivity contribution in [3.8, 4) is 0 Å². The van der Waals surface area contributed by atoms with Gasteiger partial charge in [0.2, 0.25) is 29.5 Å². The number of fused-ring (bicyclic) bond motifs is 2. The molecule has 1 aliphatic rings. The van der Waals surface area contributed by atoms with E-state index in [-0.39, 0.29) is 264 Å². The summed E-state index contributed by atoms with van der Waals surface area (Å²) < 4.78 is 0. The summed E-state index contributed by atoms with van der Waals surface area (Å²) >= 11 is 0. The number of unbranched alkanes of at least 4 members (excludes halogenated alkanes) is 4. The van der Waals surface area contributed by atoms with Gasteiger partial charge in [-0.3, -0.25) is 28.8 Å². The van der Waals surface area contributed by atoms with Crippen LogP contribution in [0.25, 0.3) is 33.3 Å². The Morgan fingerprint density at radius 2 is 0.932 bits per heavy atom. The van der Waals surface area contributed by atoms with Crippen molar-refractivity contribution in [3.05, 3.63) is 90.4 Å². The molecular weight excluding hydrogens is 1310 g/mol. The summed E-state index contributed by atoms with van der Waals surface area (Å²) in [6, 6.07) is 11.2. The van der Waals surface area contributed by atoms with Crippen molar-refractivity contribution in [2.75, 3.05) is 13.1 Å². The molecule has 6 unspecified atom stereocenters. The average molecular weight is 1380 g/mol. The molecule has 21 heteroatoms. The Balaban J connectivity index is 0.0000104. The largest absolute Gasteiger partial charge is 0.677 e. The average Bonchev–Trinajstić information content (AvgIpc) is 3.93. The predicted molar refractivity (Wildman–Crippen MR) is 263 cm³/mol. The van der Waals surface area contributed by atoms with E-state index in [1.165, 1.54) is 6.92 Å². The van der Waals surface area contributed by atoms with Gasteiger partial charge in [-0.2, -0.15) is 31.9 Å². The second-order valence-electron chi connectivity index (χ2n) is 18.4. The van der Waals surface area contributed by atoms with E-state index in [4.69, 9.17) is 11.5 Å². The fraction of sp³-hybridized carbons (Fsp3) is 0.538. The number of para-hydroxylation sites is 2. The third-order valence-electron chi connectivity index (χ3n) is 12.7. The van der Waals surface area contributed by atoms with Gasteiger partial charge in [0, 0.05) is 220 Å². The van der Waals surface area contributed by atoms with E-state index in [9.17, 15) is 33.6 Å². The van der Waals surface area contributed by atoms with Crippen LogP contribution >= 0.6 is 0 Å². The van der Waals surface area contributed by atoms with E-state index in [0.29, 0.717) is 79.9 Å². The Bertz CT molecular complexity index is 2310. The molecule has 7 N–H and O–H groups in total. The number of nitrogens with zero attached hydrogens (tertiary/aromatic N) is 2. The van der Waals surface area contributed by atoms with Crippen LogP contribution in [0, 0.1) is 12.8 Å². The second kappa shape index (κ2) is 39.9. The molecular formula is C52H70N9O7Y5-5. The molecule has 2 aromatic carbocycles. The molecule has 16 nitrogen and oxygen atoms in total. The van der Waals surface area contributed by atoms with Crippen molar-refractivity contribution in [2.24, 2.45) is 5.92 Å². The molecule has 0 aliphatic carbocycles. The first kappa shape index (κ1) is 72.6. The quantitative estimate of drug-likeness (QED) is 0.0517. The molecule has 1 fully saturated rings. The van der Waals surface area contributed by atoms with Crippen molar-refractivity contribution in [1.29, 1.82) is 0 Å². The van der Waals surface area contributed by atoms with Crippen molar-refractivity contribution in [3.63, 3.8) is 0 Å². The smallest absolute Gasteiger partial charge is 0.222 e. The summed E-state index contributed by atoms with van der Waals surface area (Å²) in [5.41, 5.74) is 17.9. The normalized spacial score (nSPS) is 20.9. The Kier molecular flexibility index (Phi) is 39.7. The van der Waals surface area contributed by atoms with Crippen molar-refractivity contribution < 1.29 is 197 Å². The van der Waals surface area contributed by atoms with Crippen LogP contribution in [-0.4, -0.2) is 72.3 Å². The zero-order valence-corrected chi connectivity index (χ0v) is 56.6. The standard InChI is InChI=1S/C52H70N9O7.5Y/c1-3-4-5-15-37-28-49(65)57-36(16-11-13-24-54)27-39(63)25-35(14-10-12-23-53)26-48(64)59-38(22-21-34(2)62)29-50(66)60-47(43-33-56-45-20-9-7-18-41(43)45)31-52(68)61-46(30-51(67)58-37)42-32-55-44-19-8-6-17-40(42)44;;;;;/h6-9,17-20,32-33,35-38,46-47,53-54H,1,3-5,10-16,21-31H2,2H3,(H,57,65)(H,58,67)(H,59,64)(H,60,66)(H,61,68);;;;;/q-5;;;;;. The summed E-state index contributed by atoms with van der Waals surface area (Å²) in [5.74, 6) is -2.64. The van der Waals surface area contributed by atoms with Gasteiger partial charge in [0.15, 0.2) is 0 Å². The molecule has 4 aromatic rings. The van der Waals surface area contributed by atoms with E-state index < -0.39 is 47.9 Å². The number of carbonyl (C=O) groups is 7. The van der Waals surface area contributed by atoms with Gasteiger partial charge in [0.1, 0.15) is 11.6 Å². The monoisotopic (exact) mass is 1380 g/mol. The van der Waals surface area contributed by atoms with E-state index in [2.05, 4.69) is 43.5 Å². The molecule has 5 radical (unpaired) electrons. The van der Waals surface area contributed by atoms with Crippen LogP contribution in [0.2, 0.25) is 0 Å². The molecule has 3 heterocycles. The van der Waals surface area contributed by atoms with Crippen LogP contribution in [-0.2, 0) is 197 Å². The van der Waals surface area contributed by atoms with Crippen LogP contribution in [0.5, 0.6) is 0 Å². The molecule has 1 aliphatic heterocycles. The van der Waals surface area contributed by atoms with Gasteiger partial charge in [0.05, 0.1) is 24.9 Å². The van der Waals surface area contributed by atoms with Gasteiger partial charge in [-0.25, -0.2) is 0 Å². The molecule has 5 rings (SSSR count). The predicted octanol–water partition coefficient (Wildman–Crippen LogP) is 7.50. The molecule has 5 amide bonds. The Labute approximate surface area is 557 Å². The van der Waals surface area contributed by atoms with E-state index in [1.54, 1.807) is 12.4 Å². The van der Waals surface area contributed by atoms with Crippen molar-refractivity contribution in [1.82, 2.24) is 36.6 Å². The number of benzene rings is 2. The van der Waals surface area contributed by atoms with Gasteiger partial charge in [0.25, 0.3) is 0 Å². The Hall–Kier alpha value is -0.351. The van der Waals surface area contributed by atoms with Crippen molar-refractivity contribution in [2.45, 2.75) is 159 Å². The maximum atomic E-state index is 14.4. The minimum atomic E-state index is -0.882. The van der Waals surface area contributed by atoms with E-state index in [1.807, 2.05) is 48.5 Å². The van der Waals surface area contributed by atoms with Gasteiger partial charge in [-0.15, -0.1) is 11.0 Å². The van der Waals surface area contributed by atoms with Crippen LogP contribution in [0.15, 0.2) is 60.9 Å². The third-order valence-corrected chi connectivity index (χ3v) is 12.7. The number of nitrogens with one attached hydrogen (secondary N) is 7. The van der Waals surface area contributed by atoms with Crippen LogP contribution in [0.3, 0.4) is 0 Å². The zero-order valence-electron chi connectivity index (χ0n) is 42.4. The summed E-state index contributed by atoms with van der Waals surface area (Å²) in [6.07, 6.45) is 9.08. The number of aromatic nitrogens is 2. The molecule has 0 bridgehead atoms. The molecule has 385 valence electrons. The zero-order chi connectivity index (χ0) is 48.8. The SMILES string of the molecule is [CH2-]CCCCC1CC(=O)NC(CCCC[NH-])CC(=O)CC(CCCC[NH-])CC(=O)NC(CCC(C)=O)CC(=O)NC(c2c[n-]c3ccccc23)CC(=O)NC(c2c[n-]c3ccccc23)CC(=O)N1.[Y].[Y].[Y].[Y].[Y]. The molecule has 2 aromatic heterocycles. The van der Waals surface area contributed by atoms with Crippen LogP contribution < -0.4 is 36.6 Å². The first-order chi connectivity index (χ1) is 32.8. The summed E-state index contributed by atoms with van der Waals surface area (Å²) in [6.45, 7) is 5.80. The number of amides is 5. The van der Waals surface area contributed by atoms with Crippen LogP contribution in [0.1, 0.15) is 152 Å². The summed E-state index contributed by atoms with van der Waals surface area (Å²) in [7, 11) is 0. The van der Waals surface area contributed by atoms with Gasteiger partial charge >= 0.3 is 0 Å². The molecule has 1 saturated heterocycles. The summed E-state index contributed by atoms with van der Waals surface area (Å²) in [5, 5.41) is 16.7. The first-order valence-electron chi connectivity index (χ1n) is 24.4. The molecule has 6 atom stereocenters. The Morgan fingerprint density at radius 1 is 0.521 bits per heavy atom. The van der Waals surface area contributed by atoms with Crippen molar-refractivity contribution >= 4 is 62.9 Å². The number of Topliss-reactive ketones (excluding diaryl/α,β-unsaturated/α-hetero) is 2.